The molecule has 0 heterocycles. The highest BCUT2D eigenvalue weighted by Gasteiger charge is 2.02. The van der Waals surface area contributed by atoms with Crippen LogP contribution in [0.3, 0.4) is 0 Å². The Bertz CT molecular complexity index is 567. The highest BCUT2D eigenvalue weighted by molar-refractivity contribution is 9.10. The predicted molar refractivity (Wildman–Crippen MR) is 85.4 cm³/mol. The largest absolute Gasteiger partial charge is 0.378 e. The topological polar surface area (TPSA) is 15.3 Å². The summed E-state index contributed by atoms with van der Waals surface area (Å²) in [5, 5.41) is 3.26. The molecule has 2 rings (SSSR count). The summed E-state index contributed by atoms with van der Waals surface area (Å²) in [6.07, 6.45) is 0. The van der Waals surface area contributed by atoms with Crippen molar-refractivity contribution in [3.05, 3.63) is 63.9 Å². The first-order valence-electron chi connectivity index (χ1n) is 6.47. The van der Waals surface area contributed by atoms with E-state index in [2.05, 4.69) is 50.4 Å². The summed E-state index contributed by atoms with van der Waals surface area (Å²) in [5.41, 5.74) is 3.03. The summed E-state index contributed by atoms with van der Waals surface area (Å²) >= 11 is 3.36. The number of hydrogen-bond acceptors (Lipinski definition) is 2. The van der Waals surface area contributed by atoms with Crippen LogP contribution in [0.2, 0.25) is 0 Å². The van der Waals surface area contributed by atoms with Crippen molar-refractivity contribution < 1.29 is 4.39 Å². The van der Waals surface area contributed by atoms with Crippen molar-refractivity contribution in [2.45, 2.75) is 13.1 Å². The fourth-order valence-electron chi connectivity index (χ4n) is 1.93. The van der Waals surface area contributed by atoms with Gasteiger partial charge in [-0.2, -0.15) is 0 Å². The molecular formula is C16H18BrFN2. The maximum Gasteiger partial charge on any atom is 0.127 e. The lowest BCUT2D eigenvalue weighted by Crippen LogP contribution is -2.14. The molecule has 0 radical (unpaired) electrons. The van der Waals surface area contributed by atoms with E-state index in [9.17, 15) is 4.39 Å². The quantitative estimate of drug-likeness (QED) is 0.889. The van der Waals surface area contributed by atoms with Crippen LogP contribution in [0, 0.1) is 5.82 Å². The molecule has 1 N–H and O–H groups in total. The van der Waals surface area contributed by atoms with E-state index in [-0.39, 0.29) is 5.82 Å². The molecule has 0 saturated carbocycles. The summed E-state index contributed by atoms with van der Waals surface area (Å²) in [4.78, 5) is 2.06. The van der Waals surface area contributed by atoms with Gasteiger partial charge >= 0.3 is 0 Å². The molecule has 0 atom stereocenters. The molecule has 2 aromatic carbocycles. The summed E-state index contributed by atoms with van der Waals surface area (Å²) < 4.78 is 14.5. The zero-order valence-corrected chi connectivity index (χ0v) is 13.2. The van der Waals surface area contributed by atoms with E-state index in [1.54, 1.807) is 12.1 Å². The van der Waals surface area contributed by atoms with Crippen molar-refractivity contribution in [2.24, 2.45) is 0 Å². The second-order valence-corrected chi connectivity index (χ2v) is 5.82. The average molecular weight is 337 g/mol. The lowest BCUT2D eigenvalue weighted by molar-refractivity contribution is 0.587. The minimum Gasteiger partial charge on any atom is -0.378 e. The molecule has 0 bridgehead atoms. The monoisotopic (exact) mass is 336 g/mol. The first-order valence-corrected chi connectivity index (χ1v) is 7.26. The number of hydrogen-bond donors (Lipinski definition) is 1. The fraction of sp³-hybridized carbons (Fsp3) is 0.250. The van der Waals surface area contributed by atoms with E-state index in [4.69, 9.17) is 0 Å². The number of rotatable bonds is 5. The van der Waals surface area contributed by atoms with Crippen LogP contribution < -0.4 is 10.2 Å². The standard InChI is InChI=1S/C16H18BrFN2/c1-20(2)15-6-3-12(4-7-15)10-19-11-13-9-14(17)5-8-16(13)18/h3-9,19H,10-11H2,1-2H3. The van der Waals surface area contributed by atoms with Crippen molar-refractivity contribution in [1.82, 2.24) is 5.32 Å². The number of benzene rings is 2. The molecule has 0 aliphatic heterocycles. The Kier molecular flexibility index (Phi) is 5.15. The van der Waals surface area contributed by atoms with Gasteiger partial charge in [-0.05, 0) is 35.9 Å². The molecule has 0 aliphatic carbocycles. The summed E-state index contributed by atoms with van der Waals surface area (Å²) in [5.74, 6) is -0.177. The molecule has 0 unspecified atom stereocenters. The Balaban J connectivity index is 1.91. The Labute approximate surface area is 127 Å². The van der Waals surface area contributed by atoms with Crippen LogP contribution >= 0.6 is 15.9 Å². The van der Waals surface area contributed by atoms with E-state index in [0.717, 1.165) is 11.0 Å². The molecule has 4 heteroatoms. The van der Waals surface area contributed by atoms with Crippen molar-refractivity contribution in [3.8, 4) is 0 Å². The van der Waals surface area contributed by atoms with Crippen LogP contribution in [0.15, 0.2) is 46.9 Å². The van der Waals surface area contributed by atoms with Gasteiger partial charge in [0.05, 0.1) is 0 Å². The number of halogens is 2. The molecule has 0 fully saturated rings. The van der Waals surface area contributed by atoms with Crippen molar-refractivity contribution in [1.29, 1.82) is 0 Å². The van der Waals surface area contributed by atoms with E-state index < -0.39 is 0 Å². The molecular weight excluding hydrogens is 319 g/mol. The molecule has 0 saturated heterocycles. The van der Waals surface area contributed by atoms with Crippen LogP contribution in [0.1, 0.15) is 11.1 Å². The molecule has 0 aromatic heterocycles. The summed E-state index contributed by atoms with van der Waals surface area (Å²) in [7, 11) is 4.03. The molecule has 20 heavy (non-hydrogen) atoms. The normalized spacial score (nSPS) is 10.6. The molecule has 2 nitrogen and oxygen atoms in total. The molecule has 0 amide bonds. The van der Waals surface area contributed by atoms with Gasteiger partial charge in [0.1, 0.15) is 5.82 Å². The summed E-state index contributed by atoms with van der Waals surface area (Å²) in [6, 6.07) is 13.3. The van der Waals surface area contributed by atoms with Gasteiger partial charge in [0.2, 0.25) is 0 Å². The minimum absolute atomic E-state index is 0.177. The third kappa shape index (κ3) is 4.05. The highest BCUT2D eigenvalue weighted by atomic mass is 79.9. The zero-order valence-electron chi connectivity index (χ0n) is 11.7. The summed E-state index contributed by atoms with van der Waals surface area (Å²) in [6.45, 7) is 1.24. The van der Waals surface area contributed by atoms with Gasteiger partial charge in [0, 0.05) is 42.9 Å². The molecule has 0 spiro atoms. The van der Waals surface area contributed by atoms with Gasteiger partial charge in [0.15, 0.2) is 0 Å². The maximum atomic E-state index is 13.6. The first kappa shape index (κ1) is 15.0. The van der Waals surface area contributed by atoms with Gasteiger partial charge in [0.25, 0.3) is 0 Å². The third-order valence-corrected chi connectivity index (χ3v) is 3.60. The maximum absolute atomic E-state index is 13.6. The first-order chi connectivity index (χ1) is 9.56. The fourth-order valence-corrected chi connectivity index (χ4v) is 2.34. The Morgan fingerprint density at radius 3 is 2.40 bits per heavy atom. The van der Waals surface area contributed by atoms with E-state index >= 15 is 0 Å². The Morgan fingerprint density at radius 1 is 1.05 bits per heavy atom. The molecule has 106 valence electrons. The van der Waals surface area contributed by atoms with Crippen LogP contribution in [-0.4, -0.2) is 14.1 Å². The van der Waals surface area contributed by atoms with Crippen molar-refractivity contribution in [2.75, 3.05) is 19.0 Å². The lowest BCUT2D eigenvalue weighted by Gasteiger charge is -2.13. The van der Waals surface area contributed by atoms with Crippen molar-refractivity contribution >= 4 is 21.6 Å². The van der Waals surface area contributed by atoms with Crippen LogP contribution in [-0.2, 0) is 13.1 Å². The Morgan fingerprint density at radius 2 is 1.75 bits per heavy atom. The number of anilines is 1. The second kappa shape index (κ2) is 6.86. The van der Waals surface area contributed by atoms with Gasteiger partial charge in [-0.3, -0.25) is 0 Å². The van der Waals surface area contributed by atoms with Gasteiger partial charge in [-0.1, -0.05) is 28.1 Å². The zero-order chi connectivity index (χ0) is 14.5. The van der Waals surface area contributed by atoms with Crippen LogP contribution in [0.25, 0.3) is 0 Å². The number of nitrogens with one attached hydrogen (secondary N) is 1. The van der Waals surface area contributed by atoms with E-state index in [0.29, 0.717) is 12.1 Å². The van der Waals surface area contributed by atoms with Gasteiger partial charge in [-0.25, -0.2) is 4.39 Å². The van der Waals surface area contributed by atoms with E-state index in [1.165, 1.54) is 17.3 Å². The minimum atomic E-state index is -0.177. The van der Waals surface area contributed by atoms with Gasteiger partial charge < -0.3 is 10.2 Å². The average Bonchev–Trinajstić information content (AvgIpc) is 2.43. The second-order valence-electron chi connectivity index (χ2n) is 4.90. The predicted octanol–water partition coefficient (Wildman–Crippen LogP) is 3.94. The van der Waals surface area contributed by atoms with E-state index in [1.807, 2.05) is 14.1 Å². The third-order valence-electron chi connectivity index (χ3n) is 3.11. The SMILES string of the molecule is CN(C)c1ccc(CNCc2cc(Br)ccc2F)cc1. The lowest BCUT2D eigenvalue weighted by atomic mass is 10.2. The highest BCUT2D eigenvalue weighted by Crippen LogP contribution is 2.16. The van der Waals surface area contributed by atoms with Crippen LogP contribution in [0.5, 0.6) is 0 Å². The number of nitrogens with zero attached hydrogens (tertiary/aromatic N) is 1. The molecule has 0 aliphatic rings. The van der Waals surface area contributed by atoms with Crippen molar-refractivity contribution in [3.63, 3.8) is 0 Å². The Hall–Kier alpha value is -1.39. The smallest absolute Gasteiger partial charge is 0.127 e. The van der Waals surface area contributed by atoms with Crippen LogP contribution in [0.4, 0.5) is 10.1 Å². The molecule has 2 aromatic rings. The van der Waals surface area contributed by atoms with Gasteiger partial charge in [-0.15, -0.1) is 0 Å².